The van der Waals surface area contributed by atoms with E-state index in [4.69, 9.17) is 0 Å². The number of rotatable bonds is 3. The molecule has 1 aromatic rings. The molecule has 7 heteroatoms. The molecule has 2 aliphatic rings. The molecular weight excluding hydrogens is 275 g/mol. The third-order valence-corrected chi connectivity index (χ3v) is 4.77. The summed E-state index contributed by atoms with van der Waals surface area (Å²) in [6, 6.07) is 0.142. The third-order valence-electron chi connectivity index (χ3n) is 4.77. The van der Waals surface area contributed by atoms with Crippen molar-refractivity contribution in [3.05, 3.63) is 22.5 Å². The van der Waals surface area contributed by atoms with Crippen LogP contribution >= 0.6 is 0 Å². The zero-order valence-electron chi connectivity index (χ0n) is 12.0. The highest BCUT2D eigenvalue weighted by atomic mass is 19.1. The van der Waals surface area contributed by atoms with E-state index in [1.54, 1.807) is 0 Å². The smallest absolute Gasteiger partial charge is 0.297 e. The van der Waals surface area contributed by atoms with Crippen LogP contribution in [-0.4, -0.2) is 44.9 Å². The van der Waals surface area contributed by atoms with Crippen molar-refractivity contribution in [2.75, 3.05) is 13.1 Å². The number of alkyl halides is 1. The Labute approximate surface area is 123 Å². The molecule has 1 aliphatic carbocycles. The summed E-state index contributed by atoms with van der Waals surface area (Å²) < 4.78 is 15.9. The van der Waals surface area contributed by atoms with E-state index in [0.29, 0.717) is 19.0 Å². The second kappa shape index (κ2) is 6.09. The van der Waals surface area contributed by atoms with Gasteiger partial charge in [-0.05, 0) is 19.3 Å². The third kappa shape index (κ3) is 3.07. The molecule has 0 spiro atoms. The van der Waals surface area contributed by atoms with E-state index >= 15 is 0 Å². The molecule has 0 bridgehead atoms. The van der Waals surface area contributed by atoms with Gasteiger partial charge in [0, 0.05) is 19.1 Å². The van der Waals surface area contributed by atoms with Crippen LogP contribution in [-0.2, 0) is 0 Å². The lowest BCUT2D eigenvalue weighted by atomic mass is 9.91. The van der Waals surface area contributed by atoms with Crippen molar-refractivity contribution in [1.82, 2.24) is 14.7 Å². The summed E-state index contributed by atoms with van der Waals surface area (Å²) in [5.74, 6) is 0. The number of halogens is 1. The van der Waals surface area contributed by atoms with E-state index in [2.05, 4.69) is 10.00 Å². The molecule has 2 unspecified atom stereocenters. The first-order chi connectivity index (χ1) is 10.1. The first-order valence-corrected chi connectivity index (χ1v) is 7.72. The van der Waals surface area contributed by atoms with Crippen molar-refractivity contribution in [3.63, 3.8) is 0 Å². The van der Waals surface area contributed by atoms with Gasteiger partial charge in [-0.2, -0.15) is 5.10 Å². The minimum atomic E-state index is -1.01. The number of hydrogen-bond donors (Lipinski definition) is 0. The lowest BCUT2D eigenvalue weighted by Gasteiger charge is -2.40. The number of piperidine rings is 1. The molecule has 0 N–H and O–H groups in total. The predicted molar refractivity (Wildman–Crippen MR) is 75.9 cm³/mol. The average Bonchev–Trinajstić information content (AvgIpc) is 2.98. The second-order valence-corrected chi connectivity index (χ2v) is 6.09. The quantitative estimate of drug-likeness (QED) is 0.635. The summed E-state index contributed by atoms with van der Waals surface area (Å²) in [5.41, 5.74) is -0.0723. The van der Waals surface area contributed by atoms with Crippen molar-refractivity contribution < 1.29 is 9.31 Å². The highest BCUT2D eigenvalue weighted by Crippen LogP contribution is 2.31. The maximum Gasteiger partial charge on any atom is 0.307 e. The Balaban J connectivity index is 1.63. The molecule has 0 radical (unpaired) electrons. The highest BCUT2D eigenvalue weighted by Gasteiger charge is 2.34. The fourth-order valence-electron chi connectivity index (χ4n) is 3.60. The van der Waals surface area contributed by atoms with E-state index < -0.39 is 11.1 Å². The van der Waals surface area contributed by atoms with Crippen molar-refractivity contribution in [2.45, 2.75) is 56.8 Å². The van der Waals surface area contributed by atoms with Crippen LogP contribution in [0.15, 0.2) is 12.4 Å². The first kappa shape index (κ1) is 14.4. The minimum absolute atomic E-state index is 0.0723. The maximum atomic E-state index is 14.5. The number of likely N-dealkylation sites (tertiary alicyclic amines) is 1. The fraction of sp³-hybridized carbons (Fsp3) is 0.786. The molecule has 2 fully saturated rings. The van der Waals surface area contributed by atoms with Gasteiger partial charge in [-0.3, -0.25) is 19.7 Å². The number of nitrogens with zero attached hydrogens (tertiary/aromatic N) is 4. The summed E-state index contributed by atoms with van der Waals surface area (Å²) >= 11 is 0. The van der Waals surface area contributed by atoms with Crippen LogP contribution in [0, 0.1) is 10.1 Å². The van der Waals surface area contributed by atoms with Crippen LogP contribution in [0.5, 0.6) is 0 Å². The monoisotopic (exact) mass is 296 g/mol. The molecule has 3 rings (SSSR count). The Morgan fingerprint density at radius 3 is 2.67 bits per heavy atom. The zero-order valence-corrected chi connectivity index (χ0v) is 12.0. The predicted octanol–water partition coefficient (Wildman–Crippen LogP) is 2.71. The molecule has 1 aliphatic heterocycles. The molecule has 116 valence electrons. The number of nitro groups is 1. The normalized spacial score (nSPS) is 28.6. The molecule has 1 saturated heterocycles. The molecule has 21 heavy (non-hydrogen) atoms. The standard InChI is InChI=1S/C14H21FN4O2/c15-13-10-17(11-4-2-1-3-5-11)7-6-14(13)18-9-12(8-16-18)19(20)21/h8-9,11,13-14H,1-7,10H2. The molecule has 2 atom stereocenters. The van der Waals surface area contributed by atoms with E-state index in [1.165, 1.54) is 49.2 Å². The molecule has 1 aromatic heterocycles. The molecule has 0 amide bonds. The highest BCUT2D eigenvalue weighted by molar-refractivity contribution is 5.21. The lowest BCUT2D eigenvalue weighted by molar-refractivity contribution is -0.385. The van der Waals surface area contributed by atoms with Crippen LogP contribution in [0.25, 0.3) is 0 Å². The molecule has 6 nitrogen and oxygen atoms in total. The van der Waals surface area contributed by atoms with Gasteiger partial charge in [0.25, 0.3) is 0 Å². The van der Waals surface area contributed by atoms with Gasteiger partial charge in [0.15, 0.2) is 0 Å². The van der Waals surface area contributed by atoms with Crippen molar-refractivity contribution in [3.8, 4) is 0 Å². The van der Waals surface area contributed by atoms with Crippen molar-refractivity contribution >= 4 is 5.69 Å². The van der Waals surface area contributed by atoms with Gasteiger partial charge in [0.1, 0.15) is 18.6 Å². The lowest BCUT2D eigenvalue weighted by Crippen LogP contribution is -2.48. The van der Waals surface area contributed by atoms with Crippen LogP contribution in [0.4, 0.5) is 10.1 Å². The summed E-state index contributed by atoms with van der Waals surface area (Å²) in [4.78, 5) is 12.5. The van der Waals surface area contributed by atoms with Crippen LogP contribution in [0.2, 0.25) is 0 Å². The number of aromatic nitrogens is 2. The average molecular weight is 296 g/mol. The van der Waals surface area contributed by atoms with Crippen LogP contribution in [0.3, 0.4) is 0 Å². The van der Waals surface area contributed by atoms with Gasteiger partial charge in [0.05, 0.1) is 11.0 Å². The van der Waals surface area contributed by atoms with Gasteiger partial charge >= 0.3 is 5.69 Å². The van der Waals surface area contributed by atoms with Gasteiger partial charge in [0.2, 0.25) is 0 Å². The Kier molecular flexibility index (Phi) is 4.19. The molecule has 2 heterocycles. The molecule has 0 aromatic carbocycles. The van der Waals surface area contributed by atoms with E-state index in [0.717, 1.165) is 6.54 Å². The Morgan fingerprint density at radius 1 is 1.29 bits per heavy atom. The largest absolute Gasteiger partial charge is 0.307 e. The molecule has 1 saturated carbocycles. The zero-order chi connectivity index (χ0) is 14.8. The van der Waals surface area contributed by atoms with Gasteiger partial charge in [-0.1, -0.05) is 19.3 Å². The van der Waals surface area contributed by atoms with Gasteiger partial charge < -0.3 is 0 Å². The summed E-state index contributed by atoms with van der Waals surface area (Å²) in [6.07, 6.45) is 8.31. The topological polar surface area (TPSA) is 64.2 Å². The number of hydrogen-bond acceptors (Lipinski definition) is 4. The maximum absolute atomic E-state index is 14.5. The van der Waals surface area contributed by atoms with Crippen LogP contribution < -0.4 is 0 Å². The Bertz CT molecular complexity index is 501. The summed E-state index contributed by atoms with van der Waals surface area (Å²) in [5, 5.41) is 14.7. The SMILES string of the molecule is O=[N+]([O-])c1cnn(C2CCN(C3CCCCC3)CC2F)c1. The Morgan fingerprint density at radius 2 is 2.05 bits per heavy atom. The summed E-state index contributed by atoms with van der Waals surface area (Å²) in [6.45, 7) is 1.27. The van der Waals surface area contributed by atoms with Gasteiger partial charge in [-0.25, -0.2) is 4.39 Å². The van der Waals surface area contributed by atoms with E-state index in [9.17, 15) is 14.5 Å². The first-order valence-electron chi connectivity index (χ1n) is 7.72. The van der Waals surface area contributed by atoms with E-state index in [1.807, 2.05) is 0 Å². The fourth-order valence-corrected chi connectivity index (χ4v) is 3.60. The van der Waals surface area contributed by atoms with Crippen LogP contribution in [0.1, 0.15) is 44.6 Å². The van der Waals surface area contributed by atoms with Crippen molar-refractivity contribution in [1.29, 1.82) is 0 Å². The van der Waals surface area contributed by atoms with Gasteiger partial charge in [-0.15, -0.1) is 0 Å². The second-order valence-electron chi connectivity index (χ2n) is 6.09. The minimum Gasteiger partial charge on any atom is -0.297 e. The summed E-state index contributed by atoms with van der Waals surface area (Å²) in [7, 11) is 0. The Hall–Kier alpha value is -1.50. The molecular formula is C14H21FN4O2. The van der Waals surface area contributed by atoms with Crippen molar-refractivity contribution in [2.24, 2.45) is 0 Å². The van der Waals surface area contributed by atoms with E-state index in [-0.39, 0.29) is 11.7 Å².